The SMILES string of the molecule is Cc1ccc(C(O)CNc2c([N+](=O)[O-])ccc3c2CCN3)cc1. The van der Waals surface area contributed by atoms with Crippen molar-refractivity contribution in [2.75, 3.05) is 23.7 Å². The molecule has 0 bridgehead atoms. The number of rotatable bonds is 5. The maximum absolute atomic E-state index is 11.3. The van der Waals surface area contributed by atoms with E-state index in [0.29, 0.717) is 5.69 Å². The molecule has 0 saturated carbocycles. The normalized spacial score (nSPS) is 14.0. The van der Waals surface area contributed by atoms with E-state index in [0.717, 1.165) is 35.3 Å². The molecule has 1 aliphatic heterocycles. The molecule has 6 nitrogen and oxygen atoms in total. The fourth-order valence-electron chi connectivity index (χ4n) is 2.84. The fraction of sp³-hybridized carbons (Fsp3) is 0.294. The van der Waals surface area contributed by atoms with Crippen LogP contribution >= 0.6 is 0 Å². The predicted octanol–water partition coefficient (Wildman–Crippen LogP) is 3.02. The molecular formula is C17H19N3O3. The lowest BCUT2D eigenvalue weighted by atomic mass is 10.1. The van der Waals surface area contributed by atoms with Gasteiger partial charge in [0.25, 0.3) is 5.69 Å². The molecule has 0 aromatic heterocycles. The molecule has 0 fully saturated rings. The van der Waals surface area contributed by atoms with E-state index in [2.05, 4.69) is 10.6 Å². The van der Waals surface area contributed by atoms with E-state index in [1.165, 1.54) is 6.07 Å². The highest BCUT2D eigenvalue weighted by atomic mass is 16.6. The van der Waals surface area contributed by atoms with E-state index in [9.17, 15) is 15.2 Å². The van der Waals surface area contributed by atoms with Crippen LogP contribution in [-0.2, 0) is 6.42 Å². The van der Waals surface area contributed by atoms with Crippen LogP contribution in [-0.4, -0.2) is 23.1 Å². The van der Waals surface area contributed by atoms with Crippen molar-refractivity contribution >= 4 is 17.1 Å². The number of benzene rings is 2. The molecule has 0 saturated heterocycles. The van der Waals surface area contributed by atoms with Crippen molar-refractivity contribution in [2.24, 2.45) is 0 Å². The predicted molar refractivity (Wildman–Crippen MR) is 89.9 cm³/mol. The van der Waals surface area contributed by atoms with Gasteiger partial charge >= 0.3 is 0 Å². The Morgan fingerprint density at radius 3 is 2.74 bits per heavy atom. The molecule has 1 aliphatic rings. The Bertz CT molecular complexity index is 729. The van der Waals surface area contributed by atoms with Crippen molar-refractivity contribution in [1.82, 2.24) is 0 Å². The summed E-state index contributed by atoms with van der Waals surface area (Å²) in [4.78, 5) is 10.9. The van der Waals surface area contributed by atoms with Crippen LogP contribution in [0, 0.1) is 17.0 Å². The van der Waals surface area contributed by atoms with Gasteiger partial charge in [0.05, 0.1) is 11.0 Å². The van der Waals surface area contributed by atoms with Crippen LogP contribution in [0.15, 0.2) is 36.4 Å². The molecule has 2 aromatic rings. The van der Waals surface area contributed by atoms with Crippen molar-refractivity contribution < 1.29 is 10.0 Å². The molecule has 0 spiro atoms. The number of aliphatic hydroxyl groups is 1. The maximum atomic E-state index is 11.3. The average Bonchev–Trinajstić information content (AvgIpc) is 3.01. The molecule has 1 heterocycles. The minimum absolute atomic E-state index is 0.0450. The van der Waals surface area contributed by atoms with E-state index in [-0.39, 0.29) is 17.2 Å². The molecule has 120 valence electrons. The number of aryl methyl sites for hydroxylation is 1. The van der Waals surface area contributed by atoms with Crippen molar-refractivity contribution in [3.63, 3.8) is 0 Å². The Morgan fingerprint density at radius 1 is 1.30 bits per heavy atom. The Labute approximate surface area is 134 Å². The lowest BCUT2D eigenvalue weighted by Crippen LogP contribution is -2.14. The number of nitrogens with one attached hydrogen (secondary N) is 2. The van der Waals surface area contributed by atoms with Crippen LogP contribution in [0.25, 0.3) is 0 Å². The highest BCUT2D eigenvalue weighted by Crippen LogP contribution is 2.37. The van der Waals surface area contributed by atoms with Gasteiger partial charge in [-0.25, -0.2) is 0 Å². The van der Waals surface area contributed by atoms with Gasteiger partial charge in [-0.1, -0.05) is 29.8 Å². The van der Waals surface area contributed by atoms with Crippen LogP contribution in [0.5, 0.6) is 0 Å². The second-order valence-electron chi connectivity index (χ2n) is 5.73. The molecule has 0 radical (unpaired) electrons. The zero-order valence-electron chi connectivity index (χ0n) is 12.9. The second-order valence-corrected chi connectivity index (χ2v) is 5.73. The van der Waals surface area contributed by atoms with Crippen molar-refractivity contribution in [2.45, 2.75) is 19.4 Å². The van der Waals surface area contributed by atoms with Crippen molar-refractivity contribution in [3.8, 4) is 0 Å². The summed E-state index contributed by atoms with van der Waals surface area (Å²) in [5, 5.41) is 27.8. The largest absolute Gasteiger partial charge is 0.387 e. The summed E-state index contributed by atoms with van der Waals surface area (Å²) in [6, 6.07) is 10.8. The number of anilines is 2. The first-order valence-corrected chi connectivity index (χ1v) is 7.59. The molecule has 3 rings (SSSR count). The fourth-order valence-corrected chi connectivity index (χ4v) is 2.84. The van der Waals surface area contributed by atoms with Crippen molar-refractivity contribution in [3.05, 3.63) is 63.2 Å². The van der Waals surface area contributed by atoms with Crippen LogP contribution in [0.4, 0.5) is 17.1 Å². The summed E-state index contributed by atoms with van der Waals surface area (Å²) in [7, 11) is 0. The van der Waals surface area contributed by atoms with Gasteiger partial charge in [0.1, 0.15) is 5.69 Å². The molecule has 0 aliphatic carbocycles. The third-order valence-electron chi connectivity index (χ3n) is 4.11. The number of hydrogen-bond acceptors (Lipinski definition) is 5. The average molecular weight is 313 g/mol. The van der Waals surface area contributed by atoms with Gasteiger partial charge < -0.3 is 15.7 Å². The number of nitro benzene ring substituents is 1. The summed E-state index contributed by atoms with van der Waals surface area (Å²) < 4.78 is 0. The van der Waals surface area contributed by atoms with E-state index >= 15 is 0 Å². The van der Waals surface area contributed by atoms with Gasteiger partial charge in [0, 0.05) is 30.4 Å². The molecule has 1 atom stereocenters. The van der Waals surface area contributed by atoms with E-state index in [1.54, 1.807) is 6.07 Å². The zero-order valence-corrected chi connectivity index (χ0v) is 12.9. The van der Waals surface area contributed by atoms with E-state index in [4.69, 9.17) is 0 Å². The van der Waals surface area contributed by atoms with Gasteiger partial charge in [0.2, 0.25) is 0 Å². The second kappa shape index (κ2) is 6.26. The zero-order chi connectivity index (χ0) is 16.4. The van der Waals surface area contributed by atoms with Gasteiger partial charge in [-0.3, -0.25) is 10.1 Å². The minimum atomic E-state index is -0.722. The topological polar surface area (TPSA) is 87.4 Å². The summed E-state index contributed by atoms with van der Waals surface area (Å²) in [5.74, 6) is 0. The molecule has 6 heteroatoms. The highest BCUT2D eigenvalue weighted by molar-refractivity contribution is 5.77. The highest BCUT2D eigenvalue weighted by Gasteiger charge is 2.24. The molecule has 2 aromatic carbocycles. The Kier molecular flexibility index (Phi) is 4.16. The quantitative estimate of drug-likeness (QED) is 0.583. The first kappa shape index (κ1) is 15.3. The van der Waals surface area contributed by atoms with Crippen LogP contribution < -0.4 is 10.6 Å². The van der Waals surface area contributed by atoms with E-state index in [1.807, 2.05) is 31.2 Å². The number of hydrogen-bond donors (Lipinski definition) is 3. The number of nitro groups is 1. The molecule has 23 heavy (non-hydrogen) atoms. The van der Waals surface area contributed by atoms with Gasteiger partial charge in [-0.15, -0.1) is 0 Å². The third kappa shape index (κ3) is 3.12. The molecule has 1 unspecified atom stereocenters. The lowest BCUT2D eigenvalue weighted by molar-refractivity contribution is -0.384. The standard InChI is InChI=1S/C17H19N3O3/c1-11-2-4-12(5-3-11)16(21)10-19-17-13-8-9-18-14(13)6-7-15(17)20(22)23/h2-7,16,18-19,21H,8-10H2,1H3. The van der Waals surface area contributed by atoms with Crippen LogP contribution in [0.3, 0.4) is 0 Å². The Morgan fingerprint density at radius 2 is 2.04 bits per heavy atom. The molecular weight excluding hydrogens is 294 g/mol. The lowest BCUT2D eigenvalue weighted by Gasteiger charge is -2.15. The first-order valence-electron chi connectivity index (χ1n) is 7.59. The van der Waals surface area contributed by atoms with Crippen LogP contribution in [0.2, 0.25) is 0 Å². The number of aliphatic hydroxyl groups excluding tert-OH is 1. The smallest absolute Gasteiger partial charge is 0.292 e. The summed E-state index contributed by atoms with van der Waals surface area (Å²) in [6.45, 7) is 2.98. The minimum Gasteiger partial charge on any atom is -0.387 e. The third-order valence-corrected chi connectivity index (χ3v) is 4.11. The monoisotopic (exact) mass is 313 g/mol. The van der Waals surface area contributed by atoms with Gasteiger partial charge in [-0.05, 0) is 25.0 Å². The number of nitrogens with zero attached hydrogens (tertiary/aromatic N) is 1. The summed E-state index contributed by atoms with van der Waals surface area (Å²) >= 11 is 0. The molecule has 0 amide bonds. The van der Waals surface area contributed by atoms with Gasteiger partial charge in [-0.2, -0.15) is 0 Å². The first-order chi connectivity index (χ1) is 11.1. The maximum Gasteiger partial charge on any atom is 0.292 e. The summed E-state index contributed by atoms with van der Waals surface area (Å²) in [5.41, 5.74) is 4.29. The van der Waals surface area contributed by atoms with E-state index < -0.39 is 6.10 Å². The van der Waals surface area contributed by atoms with Crippen LogP contribution in [0.1, 0.15) is 22.8 Å². The Balaban J connectivity index is 1.81. The summed E-state index contributed by atoms with van der Waals surface area (Å²) in [6.07, 6.45) is 0.0143. The van der Waals surface area contributed by atoms with Gasteiger partial charge in [0.15, 0.2) is 0 Å². The van der Waals surface area contributed by atoms with Crippen molar-refractivity contribution in [1.29, 1.82) is 0 Å². The molecule has 3 N–H and O–H groups in total. The number of fused-ring (bicyclic) bond motifs is 1. The Hall–Kier alpha value is -2.60.